The topological polar surface area (TPSA) is 89.8 Å². The van der Waals surface area contributed by atoms with E-state index < -0.39 is 0 Å². The van der Waals surface area contributed by atoms with Gasteiger partial charge in [0.25, 0.3) is 5.91 Å². The molecule has 1 aliphatic rings. The molecule has 0 atom stereocenters. The quantitative estimate of drug-likeness (QED) is 0.484. The zero-order chi connectivity index (χ0) is 22.2. The second kappa shape index (κ2) is 10.8. The smallest absolute Gasteiger partial charge is 0.252 e. The summed E-state index contributed by atoms with van der Waals surface area (Å²) in [6.07, 6.45) is 2.24. The standard InChI is InChI=1S/C24H24N2O5S/c27-23(26-15-18-4-3-11-29-18)16-32-22-6-2-1-5-19(22)24(28)25-10-9-17-7-8-20-21(14-17)31-13-12-30-20/h1-8,11,14H,9-10,12-13,15-16H2,(H,25,28)(H,26,27). The maximum atomic E-state index is 12.7. The van der Waals surface area contributed by atoms with Gasteiger partial charge in [0.05, 0.1) is 24.1 Å². The summed E-state index contributed by atoms with van der Waals surface area (Å²) in [5.74, 6) is 2.11. The van der Waals surface area contributed by atoms with Crippen molar-refractivity contribution in [2.45, 2.75) is 17.9 Å². The van der Waals surface area contributed by atoms with E-state index in [-0.39, 0.29) is 17.6 Å². The third-order valence-electron chi connectivity index (χ3n) is 4.84. The largest absolute Gasteiger partial charge is 0.486 e. The minimum atomic E-state index is -0.165. The van der Waals surface area contributed by atoms with Crippen LogP contribution in [0.3, 0.4) is 0 Å². The number of rotatable bonds is 9. The Labute approximate surface area is 190 Å². The molecule has 2 aromatic carbocycles. The van der Waals surface area contributed by atoms with Crippen molar-refractivity contribution in [2.75, 3.05) is 25.5 Å². The number of benzene rings is 2. The fourth-order valence-electron chi connectivity index (χ4n) is 3.23. The highest BCUT2D eigenvalue weighted by molar-refractivity contribution is 8.00. The van der Waals surface area contributed by atoms with E-state index in [2.05, 4.69) is 10.6 Å². The number of fused-ring (bicyclic) bond motifs is 1. The van der Waals surface area contributed by atoms with Crippen LogP contribution in [0.5, 0.6) is 11.5 Å². The second-order valence-electron chi connectivity index (χ2n) is 7.12. The molecule has 3 aromatic rings. The molecular weight excluding hydrogens is 428 g/mol. The Balaban J connectivity index is 1.27. The molecule has 7 nitrogen and oxygen atoms in total. The molecule has 166 valence electrons. The van der Waals surface area contributed by atoms with Gasteiger partial charge in [-0.2, -0.15) is 0 Å². The molecule has 0 bridgehead atoms. The van der Waals surface area contributed by atoms with Crippen molar-refractivity contribution >= 4 is 23.6 Å². The number of carbonyl (C=O) groups is 2. The van der Waals surface area contributed by atoms with Crippen molar-refractivity contribution < 1.29 is 23.5 Å². The van der Waals surface area contributed by atoms with E-state index in [0.29, 0.717) is 44.0 Å². The van der Waals surface area contributed by atoms with Gasteiger partial charge >= 0.3 is 0 Å². The highest BCUT2D eigenvalue weighted by Crippen LogP contribution is 2.30. The summed E-state index contributed by atoms with van der Waals surface area (Å²) in [7, 11) is 0. The molecule has 0 unspecified atom stereocenters. The number of carbonyl (C=O) groups excluding carboxylic acids is 2. The first-order chi connectivity index (χ1) is 15.7. The third-order valence-corrected chi connectivity index (χ3v) is 5.91. The van der Waals surface area contributed by atoms with Gasteiger partial charge in [0.15, 0.2) is 11.5 Å². The molecule has 0 saturated carbocycles. The van der Waals surface area contributed by atoms with Gasteiger partial charge in [-0.05, 0) is 48.4 Å². The Morgan fingerprint density at radius 1 is 0.938 bits per heavy atom. The SMILES string of the molecule is O=C(CSc1ccccc1C(=O)NCCc1ccc2c(c1)OCCO2)NCc1ccco1. The number of furan rings is 1. The van der Waals surface area contributed by atoms with Crippen LogP contribution >= 0.6 is 11.8 Å². The first-order valence-electron chi connectivity index (χ1n) is 10.4. The Hall–Kier alpha value is -3.39. The maximum Gasteiger partial charge on any atom is 0.252 e. The normalized spacial score (nSPS) is 12.2. The van der Waals surface area contributed by atoms with E-state index >= 15 is 0 Å². The van der Waals surface area contributed by atoms with E-state index in [0.717, 1.165) is 22.0 Å². The van der Waals surface area contributed by atoms with Crippen molar-refractivity contribution in [2.24, 2.45) is 0 Å². The van der Waals surface area contributed by atoms with Crippen LogP contribution in [0.15, 0.2) is 70.2 Å². The minimum Gasteiger partial charge on any atom is -0.486 e. The summed E-state index contributed by atoms with van der Waals surface area (Å²) >= 11 is 1.33. The molecule has 4 rings (SSSR count). The predicted octanol–water partition coefficient (Wildman–Crippen LogP) is 3.43. The molecule has 32 heavy (non-hydrogen) atoms. The van der Waals surface area contributed by atoms with Crippen LogP contribution in [0.4, 0.5) is 0 Å². The average molecular weight is 453 g/mol. The van der Waals surface area contributed by atoms with Gasteiger partial charge in [-0.1, -0.05) is 18.2 Å². The molecule has 8 heteroatoms. The van der Waals surface area contributed by atoms with Gasteiger partial charge in [0, 0.05) is 11.4 Å². The Kier molecular flexibility index (Phi) is 7.34. The minimum absolute atomic E-state index is 0.125. The van der Waals surface area contributed by atoms with Crippen molar-refractivity contribution in [3.63, 3.8) is 0 Å². The van der Waals surface area contributed by atoms with Gasteiger partial charge in [-0.25, -0.2) is 0 Å². The van der Waals surface area contributed by atoms with Crippen LogP contribution < -0.4 is 20.1 Å². The summed E-state index contributed by atoms with van der Waals surface area (Å²) in [5, 5.41) is 5.77. The van der Waals surface area contributed by atoms with E-state index in [9.17, 15) is 9.59 Å². The van der Waals surface area contributed by atoms with Gasteiger partial charge in [0.1, 0.15) is 19.0 Å². The number of ether oxygens (including phenoxy) is 2. The molecule has 0 fully saturated rings. The number of nitrogens with one attached hydrogen (secondary N) is 2. The molecule has 1 aliphatic heterocycles. The monoisotopic (exact) mass is 452 g/mol. The zero-order valence-electron chi connectivity index (χ0n) is 17.5. The van der Waals surface area contributed by atoms with Crippen LogP contribution in [0.25, 0.3) is 0 Å². The van der Waals surface area contributed by atoms with Crippen molar-refractivity contribution in [3.05, 3.63) is 77.7 Å². The second-order valence-corrected chi connectivity index (χ2v) is 8.14. The third kappa shape index (κ3) is 5.85. The lowest BCUT2D eigenvalue weighted by molar-refractivity contribution is -0.118. The highest BCUT2D eigenvalue weighted by Gasteiger charge is 2.14. The first kappa shape index (κ1) is 21.8. The molecule has 0 saturated heterocycles. The van der Waals surface area contributed by atoms with Crippen LogP contribution in [0.1, 0.15) is 21.7 Å². The number of thioether (sulfide) groups is 1. The Morgan fingerprint density at radius 2 is 1.78 bits per heavy atom. The zero-order valence-corrected chi connectivity index (χ0v) is 18.3. The lowest BCUT2D eigenvalue weighted by Gasteiger charge is -2.19. The first-order valence-corrected chi connectivity index (χ1v) is 11.4. The fourth-order valence-corrected chi connectivity index (χ4v) is 4.11. The van der Waals surface area contributed by atoms with Crippen LogP contribution in [0, 0.1) is 0 Å². The summed E-state index contributed by atoms with van der Waals surface area (Å²) in [6, 6.07) is 16.7. The molecule has 2 N–H and O–H groups in total. The lowest BCUT2D eigenvalue weighted by atomic mass is 10.1. The average Bonchev–Trinajstić information content (AvgIpc) is 3.35. The molecular formula is C24H24N2O5S. The fraction of sp³-hybridized carbons (Fsp3) is 0.250. The van der Waals surface area contributed by atoms with Crippen LogP contribution in [-0.2, 0) is 17.8 Å². The summed E-state index contributed by atoms with van der Waals surface area (Å²) in [5.41, 5.74) is 1.61. The highest BCUT2D eigenvalue weighted by atomic mass is 32.2. The molecule has 0 aliphatic carbocycles. The molecule has 1 aromatic heterocycles. The lowest BCUT2D eigenvalue weighted by Crippen LogP contribution is -2.27. The molecule has 2 amide bonds. The summed E-state index contributed by atoms with van der Waals surface area (Å²) in [6.45, 7) is 1.93. The number of amides is 2. The van der Waals surface area contributed by atoms with Crippen molar-refractivity contribution in [3.8, 4) is 11.5 Å². The van der Waals surface area contributed by atoms with Gasteiger partial charge in [0.2, 0.25) is 5.91 Å². The predicted molar refractivity (Wildman–Crippen MR) is 121 cm³/mol. The Bertz CT molecular complexity index is 1070. The molecule has 2 heterocycles. The Morgan fingerprint density at radius 3 is 2.62 bits per heavy atom. The van der Waals surface area contributed by atoms with Crippen molar-refractivity contribution in [1.82, 2.24) is 10.6 Å². The maximum absolute atomic E-state index is 12.7. The van der Waals surface area contributed by atoms with Crippen LogP contribution in [0.2, 0.25) is 0 Å². The van der Waals surface area contributed by atoms with E-state index in [1.54, 1.807) is 24.5 Å². The number of hydrogen-bond donors (Lipinski definition) is 2. The van der Waals surface area contributed by atoms with Gasteiger partial charge < -0.3 is 24.5 Å². The molecule has 0 spiro atoms. The van der Waals surface area contributed by atoms with Crippen LogP contribution in [-0.4, -0.2) is 37.3 Å². The van der Waals surface area contributed by atoms with Gasteiger partial charge in [-0.3, -0.25) is 9.59 Å². The van der Waals surface area contributed by atoms with E-state index in [1.165, 1.54) is 11.8 Å². The number of hydrogen-bond acceptors (Lipinski definition) is 6. The summed E-state index contributed by atoms with van der Waals surface area (Å²) < 4.78 is 16.4. The molecule has 0 radical (unpaired) electrons. The van der Waals surface area contributed by atoms with E-state index in [1.807, 2.05) is 36.4 Å². The van der Waals surface area contributed by atoms with Crippen molar-refractivity contribution in [1.29, 1.82) is 0 Å². The van der Waals surface area contributed by atoms with E-state index in [4.69, 9.17) is 13.9 Å². The van der Waals surface area contributed by atoms with Gasteiger partial charge in [-0.15, -0.1) is 11.8 Å². The summed E-state index contributed by atoms with van der Waals surface area (Å²) in [4.78, 5) is 25.6.